The molecule has 0 amide bonds. The number of aliphatic carboxylic acids is 1. The van der Waals surface area contributed by atoms with Crippen LogP contribution in [0.15, 0.2) is 0 Å². The Hall–Kier alpha value is -0.650. The average Bonchev–Trinajstić information content (AvgIpc) is 2.63. The standard InChI is InChI=1S/C7H13N3O2/c1-3-4(7(11)12)2-10(3)6-5(8)9-6/h3-6,9H,2,8H2,1H3,(H,11,12)/t3-,4+,5?,6?/m1/s1. The number of nitrogens with zero attached hydrogens (tertiary/aromatic N) is 1. The summed E-state index contributed by atoms with van der Waals surface area (Å²) in [6, 6.07) is 0.119. The van der Waals surface area contributed by atoms with Crippen LogP contribution < -0.4 is 11.1 Å². The fraction of sp³-hybridized carbons (Fsp3) is 0.857. The Morgan fingerprint density at radius 3 is 2.67 bits per heavy atom. The lowest BCUT2D eigenvalue weighted by atomic mass is 9.90. The van der Waals surface area contributed by atoms with Crippen LogP contribution in [-0.2, 0) is 4.79 Å². The van der Waals surface area contributed by atoms with Gasteiger partial charge in [0.15, 0.2) is 0 Å². The first kappa shape index (κ1) is 7.97. The monoisotopic (exact) mass is 171 g/mol. The number of nitrogens with two attached hydrogens (primary N) is 1. The van der Waals surface area contributed by atoms with Gasteiger partial charge in [0.25, 0.3) is 0 Å². The van der Waals surface area contributed by atoms with Gasteiger partial charge < -0.3 is 10.8 Å². The highest BCUT2D eigenvalue weighted by molar-refractivity contribution is 5.72. The number of likely N-dealkylation sites (tertiary alicyclic amines) is 1. The molecule has 0 aromatic heterocycles. The number of rotatable bonds is 2. The van der Waals surface area contributed by atoms with Gasteiger partial charge in [0.2, 0.25) is 0 Å². The summed E-state index contributed by atoms with van der Waals surface area (Å²) in [6.07, 6.45) is 0.262. The second-order valence-corrected chi connectivity index (χ2v) is 3.52. The van der Waals surface area contributed by atoms with E-state index in [9.17, 15) is 4.79 Å². The van der Waals surface area contributed by atoms with Crippen molar-refractivity contribution < 1.29 is 9.90 Å². The molecule has 2 aliphatic rings. The van der Waals surface area contributed by atoms with Crippen molar-refractivity contribution in [3.63, 3.8) is 0 Å². The number of carbonyl (C=O) groups is 1. The average molecular weight is 171 g/mol. The molecule has 2 saturated heterocycles. The Kier molecular flexibility index (Phi) is 1.61. The lowest BCUT2D eigenvalue weighted by Crippen LogP contribution is -2.59. The fourth-order valence-electron chi connectivity index (χ4n) is 1.73. The molecule has 0 saturated carbocycles. The molecule has 2 rings (SSSR count). The molecule has 2 unspecified atom stereocenters. The summed E-state index contributed by atoms with van der Waals surface area (Å²) >= 11 is 0. The fourth-order valence-corrected chi connectivity index (χ4v) is 1.73. The quantitative estimate of drug-likeness (QED) is 0.445. The maximum Gasteiger partial charge on any atom is 0.309 e. The number of carboxylic acid groups (broad SMARTS) is 1. The molecule has 68 valence electrons. The molecule has 0 bridgehead atoms. The topological polar surface area (TPSA) is 88.5 Å². The zero-order valence-corrected chi connectivity index (χ0v) is 6.90. The summed E-state index contributed by atoms with van der Waals surface area (Å²) in [6.45, 7) is 2.55. The zero-order chi connectivity index (χ0) is 8.88. The Balaban J connectivity index is 1.88. The zero-order valence-electron chi connectivity index (χ0n) is 6.90. The van der Waals surface area contributed by atoms with Crippen LogP contribution in [-0.4, -0.2) is 40.9 Å². The second-order valence-electron chi connectivity index (χ2n) is 3.52. The first-order valence-corrected chi connectivity index (χ1v) is 4.11. The lowest BCUT2D eigenvalue weighted by Gasteiger charge is -2.43. The van der Waals surface area contributed by atoms with E-state index >= 15 is 0 Å². The Labute approximate surface area is 70.5 Å². The highest BCUT2D eigenvalue weighted by Gasteiger charge is 2.50. The molecule has 0 radical (unpaired) electrons. The number of hydrogen-bond donors (Lipinski definition) is 3. The van der Waals surface area contributed by atoms with Gasteiger partial charge in [-0.2, -0.15) is 0 Å². The van der Waals surface area contributed by atoms with Crippen molar-refractivity contribution in [3.05, 3.63) is 0 Å². The van der Waals surface area contributed by atoms with Crippen LogP contribution in [0.1, 0.15) is 6.92 Å². The van der Waals surface area contributed by atoms with Crippen molar-refractivity contribution >= 4 is 5.97 Å². The van der Waals surface area contributed by atoms with Gasteiger partial charge in [0.05, 0.1) is 18.2 Å². The van der Waals surface area contributed by atoms with E-state index in [0.29, 0.717) is 6.54 Å². The van der Waals surface area contributed by atoms with Crippen molar-refractivity contribution in [1.82, 2.24) is 10.2 Å². The summed E-state index contributed by atoms with van der Waals surface area (Å²) in [5, 5.41) is 11.7. The minimum Gasteiger partial charge on any atom is -0.481 e. The molecular weight excluding hydrogens is 158 g/mol. The van der Waals surface area contributed by atoms with E-state index in [2.05, 4.69) is 10.2 Å². The summed E-state index contributed by atoms with van der Waals surface area (Å²) < 4.78 is 0. The molecule has 12 heavy (non-hydrogen) atoms. The van der Waals surface area contributed by atoms with Gasteiger partial charge in [-0.25, -0.2) is 0 Å². The maximum atomic E-state index is 10.6. The molecule has 5 heteroatoms. The molecule has 0 aromatic carbocycles. The first-order valence-electron chi connectivity index (χ1n) is 4.11. The molecule has 4 N–H and O–H groups in total. The van der Waals surface area contributed by atoms with Gasteiger partial charge in [0, 0.05) is 12.6 Å². The number of carboxylic acids is 1. The summed E-state index contributed by atoms with van der Waals surface area (Å²) in [5.74, 6) is -0.910. The van der Waals surface area contributed by atoms with E-state index < -0.39 is 5.97 Å². The van der Waals surface area contributed by atoms with Crippen molar-refractivity contribution in [2.24, 2.45) is 11.7 Å². The Bertz CT molecular complexity index is 221. The summed E-state index contributed by atoms with van der Waals surface area (Å²) in [5.41, 5.74) is 5.56. The van der Waals surface area contributed by atoms with Gasteiger partial charge in [-0.1, -0.05) is 0 Å². The number of hydrogen-bond acceptors (Lipinski definition) is 4. The van der Waals surface area contributed by atoms with Crippen LogP contribution in [0.4, 0.5) is 0 Å². The van der Waals surface area contributed by atoms with Crippen molar-refractivity contribution in [2.75, 3.05) is 6.54 Å². The molecule has 0 spiro atoms. The third kappa shape index (κ3) is 1.01. The highest BCUT2D eigenvalue weighted by Crippen LogP contribution is 2.30. The van der Waals surface area contributed by atoms with Crippen LogP contribution in [0.25, 0.3) is 0 Å². The third-order valence-corrected chi connectivity index (χ3v) is 2.78. The van der Waals surface area contributed by atoms with E-state index in [1.54, 1.807) is 0 Å². The largest absolute Gasteiger partial charge is 0.481 e. The molecular formula is C7H13N3O2. The molecule has 5 nitrogen and oxygen atoms in total. The minimum atomic E-state index is -0.701. The molecule has 2 fully saturated rings. The van der Waals surface area contributed by atoms with E-state index in [-0.39, 0.29) is 24.3 Å². The van der Waals surface area contributed by atoms with Crippen molar-refractivity contribution in [1.29, 1.82) is 0 Å². The summed E-state index contributed by atoms with van der Waals surface area (Å²) in [7, 11) is 0. The molecule has 2 heterocycles. The van der Waals surface area contributed by atoms with Crippen LogP contribution in [0.2, 0.25) is 0 Å². The lowest BCUT2D eigenvalue weighted by molar-refractivity contribution is -0.152. The highest BCUT2D eigenvalue weighted by atomic mass is 16.4. The number of nitrogens with one attached hydrogen (secondary N) is 1. The SMILES string of the molecule is C[C@@H]1[C@@H](C(=O)O)CN1C1NC1N. The van der Waals surface area contributed by atoms with Crippen LogP contribution in [0, 0.1) is 5.92 Å². The van der Waals surface area contributed by atoms with E-state index in [0.717, 1.165) is 0 Å². The Morgan fingerprint density at radius 1 is 1.75 bits per heavy atom. The van der Waals surface area contributed by atoms with Gasteiger partial charge in [-0.15, -0.1) is 0 Å². The first-order chi connectivity index (χ1) is 5.61. The molecule has 0 aromatic rings. The predicted octanol–water partition coefficient (Wildman–Crippen LogP) is -1.39. The smallest absolute Gasteiger partial charge is 0.309 e. The van der Waals surface area contributed by atoms with Crippen LogP contribution >= 0.6 is 0 Å². The van der Waals surface area contributed by atoms with E-state index in [4.69, 9.17) is 10.8 Å². The van der Waals surface area contributed by atoms with Gasteiger partial charge in [-0.05, 0) is 6.92 Å². The van der Waals surface area contributed by atoms with Crippen molar-refractivity contribution in [3.8, 4) is 0 Å². The van der Waals surface area contributed by atoms with Crippen LogP contribution in [0.5, 0.6) is 0 Å². The molecule has 0 aliphatic carbocycles. The van der Waals surface area contributed by atoms with Gasteiger partial charge in [-0.3, -0.25) is 15.0 Å². The van der Waals surface area contributed by atoms with E-state index in [1.807, 2.05) is 6.92 Å². The molecule has 4 atom stereocenters. The van der Waals surface area contributed by atoms with Crippen molar-refractivity contribution in [2.45, 2.75) is 25.3 Å². The summed E-state index contributed by atoms with van der Waals surface area (Å²) in [4.78, 5) is 12.7. The van der Waals surface area contributed by atoms with Crippen LogP contribution in [0.3, 0.4) is 0 Å². The van der Waals surface area contributed by atoms with Gasteiger partial charge in [0.1, 0.15) is 0 Å². The Morgan fingerprint density at radius 2 is 2.33 bits per heavy atom. The normalized spacial score (nSPS) is 46.8. The minimum absolute atomic E-state index is 0.0437. The second kappa shape index (κ2) is 2.42. The maximum absolute atomic E-state index is 10.6. The van der Waals surface area contributed by atoms with E-state index in [1.165, 1.54) is 0 Å². The predicted molar refractivity (Wildman–Crippen MR) is 42.2 cm³/mol. The molecule has 2 aliphatic heterocycles. The van der Waals surface area contributed by atoms with Gasteiger partial charge >= 0.3 is 5.97 Å². The third-order valence-electron chi connectivity index (χ3n) is 2.78.